The van der Waals surface area contributed by atoms with Gasteiger partial charge in [0.05, 0.1) is 17.2 Å². The molecule has 14 heteroatoms. The van der Waals surface area contributed by atoms with Gasteiger partial charge in [0.15, 0.2) is 5.60 Å². The minimum atomic E-state index is -4.89. The van der Waals surface area contributed by atoms with E-state index in [9.17, 15) is 35.1 Å². The predicted molar refractivity (Wildman–Crippen MR) is 162 cm³/mol. The Morgan fingerprint density at radius 3 is 2.12 bits per heavy atom. The zero-order valence-corrected chi connectivity index (χ0v) is 26.2. The van der Waals surface area contributed by atoms with Gasteiger partial charge in [-0.25, -0.2) is 16.8 Å². The number of aliphatic hydroxyl groups is 1. The first-order chi connectivity index (χ1) is 20.0. The number of hydrogen-bond donors (Lipinski definition) is 2. The fourth-order valence-corrected chi connectivity index (χ4v) is 7.95. The van der Waals surface area contributed by atoms with Crippen molar-refractivity contribution >= 4 is 38.4 Å². The van der Waals surface area contributed by atoms with Gasteiger partial charge < -0.3 is 10.0 Å². The van der Waals surface area contributed by atoms with Crippen LogP contribution in [0.2, 0.25) is 0 Å². The van der Waals surface area contributed by atoms with Gasteiger partial charge in [-0.3, -0.25) is 0 Å². The van der Waals surface area contributed by atoms with Crippen molar-refractivity contribution in [2.24, 2.45) is 0 Å². The first kappa shape index (κ1) is 33.3. The number of benzene rings is 3. The molecule has 3 aromatic carbocycles. The predicted octanol–water partition coefficient (Wildman–Crippen LogP) is 4.13. The van der Waals surface area contributed by atoms with E-state index in [-0.39, 0.29) is 48.1 Å². The van der Waals surface area contributed by atoms with Crippen molar-refractivity contribution in [3.63, 3.8) is 0 Å². The number of rotatable bonds is 10. The van der Waals surface area contributed by atoms with Gasteiger partial charge in [0.2, 0.25) is 20.0 Å². The van der Waals surface area contributed by atoms with Crippen molar-refractivity contribution in [3.05, 3.63) is 90.0 Å². The Balaban J connectivity index is 1.67. The van der Waals surface area contributed by atoms with Crippen LogP contribution in [0.25, 0.3) is 0 Å². The second-order valence-corrected chi connectivity index (χ2v) is 15.0. The lowest BCUT2D eigenvalue weighted by Crippen LogP contribution is -2.59. The summed E-state index contributed by atoms with van der Waals surface area (Å²) in [7, 11) is -7.72. The van der Waals surface area contributed by atoms with Gasteiger partial charge in [-0.1, -0.05) is 54.6 Å². The maximum Gasteiger partial charge on any atom is 0.421 e. The fraction of sp³-hybridized carbons (Fsp3) is 0.379. The third-order valence-electron chi connectivity index (χ3n) is 7.62. The maximum atomic E-state index is 13.6. The van der Waals surface area contributed by atoms with Crippen LogP contribution in [0.4, 0.5) is 18.9 Å². The van der Waals surface area contributed by atoms with Gasteiger partial charge in [0.1, 0.15) is 0 Å². The summed E-state index contributed by atoms with van der Waals surface area (Å²) in [5.74, 6) is 0. The molecule has 234 valence electrons. The SMILES string of the molecule is CC(O)(c1ccc(N2CCN(S(=O)(=O)c3ccccc3S)C[C@H]2CN(CCc2ccccc2)S(C)(=O)=O)cc1)C(F)(F)F. The molecule has 0 amide bonds. The molecule has 8 nitrogen and oxygen atoms in total. The van der Waals surface area contributed by atoms with E-state index in [1.54, 1.807) is 23.1 Å². The third kappa shape index (κ3) is 7.55. The highest BCUT2D eigenvalue weighted by Gasteiger charge is 2.51. The normalized spacial score (nSPS) is 18.5. The van der Waals surface area contributed by atoms with E-state index in [0.29, 0.717) is 19.0 Å². The van der Waals surface area contributed by atoms with Crippen LogP contribution in [-0.4, -0.2) is 81.8 Å². The summed E-state index contributed by atoms with van der Waals surface area (Å²) < 4.78 is 95.9. The number of anilines is 1. The molecule has 1 unspecified atom stereocenters. The number of piperazine rings is 1. The number of thiol groups is 1. The Hall–Kier alpha value is -2.62. The Bertz CT molecular complexity index is 1620. The van der Waals surface area contributed by atoms with Gasteiger partial charge in [0.25, 0.3) is 0 Å². The minimum Gasteiger partial charge on any atom is -0.376 e. The van der Waals surface area contributed by atoms with E-state index >= 15 is 0 Å². The largest absolute Gasteiger partial charge is 0.421 e. The van der Waals surface area contributed by atoms with Crippen molar-refractivity contribution in [1.29, 1.82) is 0 Å². The fourth-order valence-electron chi connectivity index (χ4n) is 5.02. The zero-order valence-electron chi connectivity index (χ0n) is 23.6. The molecule has 1 N–H and O–H groups in total. The van der Waals surface area contributed by atoms with Crippen LogP contribution in [0.1, 0.15) is 18.1 Å². The lowest BCUT2D eigenvalue weighted by atomic mass is 9.95. The molecular formula is C29H34F3N3O5S3. The van der Waals surface area contributed by atoms with Crippen molar-refractivity contribution in [1.82, 2.24) is 8.61 Å². The molecule has 0 spiro atoms. The van der Waals surface area contributed by atoms with Crippen LogP contribution < -0.4 is 4.90 Å². The van der Waals surface area contributed by atoms with Crippen LogP contribution >= 0.6 is 12.6 Å². The van der Waals surface area contributed by atoms with Gasteiger partial charge in [0, 0.05) is 43.3 Å². The van der Waals surface area contributed by atoms with E-state index in [4.69, 9.17) is 0 Å². The molecule has 4 rings (SSSR count). The summed E-state index contributed by atoms with van der Waals surface area (Å²) >= 11 is 4.31. The van der Waals surface area contributed by atoms with E-state index in [2.05, 4.69) is 12.6 Å². The second kappa shape index (κ2) is 12.8. The highest BCUT2D eigenvalue weighted by atomic mass is 32.2. The second-order valence-electron chi connectivity index (χ2n) is 10.7. The van der Waals surface area contributed by atoms with Crippen LogP contribution in [0.3, 0.4) is 0 Å². The van der Waals surface area contributed by atoms with E-state index in [1.807, 2.05) is 30.3 Å². The molecule has 0 radical (unpaired) electrons. The number of halogens is 3. The number of sulfonamides is 2. The average molecular weight is 658 g/mol. The van der Waals surface area contributed by atoms with Crippen molar-refractivity contribution in [3.8, 4) is 0 Å². The minimum absolute atomic E-state index is 0.0216. The number of hydrogen-bond acceptors (Lipinski definition) is 7. The van der Waals surface area contributed by atoms with Gasteiger partial charge in [-0.2, -0.15) is 21.8 Å². The molecule has 1 heterocycles. The first-order valence-corrected chi connectivity index (χ1v) is 17.2. The molecule has 1 saturated heterocycles. The lowest BCUT2D eigenvalue weighted by molar-refractivity contribution is -0.258. The topological polar surface area (TPSA) is 98.2 Å². The summed E-state index contributed by atoms with van der Waals surface area (Å²) in [6.07, 6.45) is -3.38. The molecule has 0 aliphatic carbocycles. The first-order valence-electron chi connectivity index (χ1n) is 13.5. The van der Waals surface area contributed by atoms with Gasteiger partial charge in [-0.15, -0.1) is 12.6 Å². The lowest BCUT2D eigenvalue weighted by Gasteiger charge is -2.43. The molecule has 0 bridgehead atoms. The van der Waals surface area contributed by atoms with Crippen LogP contribution in [0.15, 0.2) is 88.7 Å². The summed E-state index contributed by atoms with van der Waals surface area (Å²) in [6, 6.07) is 20.1. The van der Waals surface area contributed by atoms with E-state index in [1.165, 1.54) is 38.9 Å². The van der Waals surface area contributed by atoms with E-state index < -0.39 is 37.9 Å². The summed E-state index contributed by atoms with van der Waals surface area (Å²) in [6.45, 7) is 0.860. The standard InChI is InChI=1S/C29H34F3N3O5S3/c1-28(36,29(30,31)32)23-12-14-24(15-13-23)35-19-18-34(43(39,40)27-11-7-6-10-26(27)41)21-25(35)20-33(42(2,37)38)17-16-22-8-4-3-5-9-22/h3-15,25,36,41H,16-21H2,1-2H3/t25-,28?/m1/s1. The Kier molecular flexibility index (Phi) is 9.89. The van der Waals surface area contributed by atoms with Gasteiger partial charge in [-0.05, 0) is 48.7 Å². The number of nitrogens with zero attached hydrogens (tertiary/aromatic N) is 3. The summed E-state index contributed by atoms with van der Waals surface area (Å²) in [5, 5.41) is 10.1. The zero-order chi connectivity index (χ0) is 31.6. The molecule has 0 aromatic heterocycles. The highest BCUT2D eigenvalue weighted by molar-refractivity contribution is 7.90. The number of alkyl halides is 3. The molecular weight excluding hydrogens is 624 g/mol. The molecule has 1 aliphatic rings. The molecule has 2 atom stereocenters. The Morgan fingerprint density at radius 2 is 1.53 bits per heavy atom. The van der Waals surface area contributed by atoms with Crippen LogP contribution in [-0.2, 0) is 32.1 Å². The molecule has 1 aliphatic heterocycles. The van der Waals surface area contributed by atoms with Crippen molar-refractivity contribution < 1.29 is 35.1 Å². The Morgan fingerprint density at radius 1 is 0.930 bits per heavy atom. The maximum absolute atomic E-state index is 13.6. The van der Waals surface area contributed by atoms with Crippen LogP contribution in [0, 0.1) is 0 Å². The van der Waals surface area contributed by atoms with Crippen LogP contribution in [0.5, 0.6) is 0 Å². The highest BCUT2D eigenvalue weighted by Crippen LogP contribution is 2.39. The summed E-state index contributed by atoms with van der Waals surface area (Å²) in [4.78, 5) is 2.09. The van der Waals surface area contributed by atoms with E-state index in [0.717, 1.165) is 11.8 Å². The molecule has 43 heavy (non-hydrogen) atoms. The molecule has 1 fully saturated rings. The molecule has 0 saturated carbocycles. The quantitative estimate of drug-likeness (QED) is 0.319. The van der Waals surface area contributed by atoms with Crippen molar-refractivity contribution in [2.45, 2.75) is 41.0 Å². The molecule has 3 aromatic rings. The smallest absolute Gasteiger partial charge is 0.376 e. The monoisotopic (exact) mass is 657 g/mol. The summed E-state index contributed by atoms with van der Waals surface area (Å²) in [5.41, 5.74) is -2.02. The third-order valence-corrected chi connectivity index (χ3v) is 11.4. The average Bonchev–Trinajstić information content (AvgIpc) is 2.94. The Labute approximate surface area is 256 Å². The van der Waals surface area contributed by atoms with Crippen molar-refractivity contribution in [2.75, 3.05) is 43.9 Å². The van der Waals surface area contributed by atoms with Gasteiger partial charge >= 0.3 is 6.18 Å².